The predicted octanol–water partition coefficient (Wildman–Crippen LogP) is 3.42. The number of aromatic nitrogens is 2. The maximum Gasteiger partial charge on any atom is 0.243 e. The van der Waals surface area contributed by atoms with Crippen molar-refractivity contribution in [2.24, 2.45) is 0 Å². The van der Waals surface area contributed by atoms with E-state index in [9.17, 15) is 4.79 Å². The fraction of sp³-hybridized carbons (Fsp3) is 0.348. The lowest BCUT2D eigenvalue weighted by molar-refractivity contribution is -0.134. The first-order chi connectivity index (χ1) is 14.1. The molecule has 2 heterocycles. The molecule has 6 heteroatoms. The van der Waals surface area contributed by atoms with Crippen molar-refractivity contribution in [3.63, 3.8) is 0 Å². The molecule has 0 saturated carbocycles. The number of hydrogen-bond acceptors (Lipinski definition) is 5. The summed E-state index contributed by atoms with van der Waals surface area (Å²) < 4.78 is 5.32. The molecular weight excluding hydrogens is 364 g/mol. The van der Waals surface area contributed by atoms with Gasteiger partial charge < -0.3 is 9.42 Å². The third-order valence-corrected chi connectivity index (χ3v) is 5.59. The monoisotopic (exact) mass is 390 g/mol. The van der Waals surface area contributed by atoms with E-state index in [1.54, 1.807) is 0 Å². The second kappa shape index (κ2) is 8.57. The predicted molar refractivity (Wildman–Crippen MR) is 110 cm³/mol. The first kappa shape index (κ1) is 19.3. The van der Waals surface area contributed by atoms with Crippen LogP contribution in [0.2, 0.25) is 0 Å². The minimum absolute atomic E-state index is 0.0486. The summed E-state index contributed by atoms with van der Waals surface area (Å²) >= 11 is 0. The zero-order chi connectivity index (χ0) is 20.2. The van der Waals surface area contributed by atoms with Gasteiger partial charge in [-0.3, -0.25) is 9.69 Å². The third kappa shape index (κ3) is 4.22. The van der Waals surface area contributed by atoms with Crippen molar-refractivity contribution in [2.45, 2.75) is 25.8 Å². The van der Waals surface area contributed by atoms with Crippen LogP contribution in [-0.2, 0) is 4.79 Å². The van der Waals surface area contributed by atoms with Gasteiger partial charge in [-0.25, -0.2) is 0 Å². The Balaban J connectivity index is 1.48. The van der Waals surface area contributed by atoms with Crippen LogP contribution >= 0.6 is 0 Å². The molecule has 0 N–H and O–H groups in total. The highest BCUT2D eigenvalue weighted by atomic mass is 16.5. The number of rotatable bonds is 5. The summed E-state index contributed by atoms with van der Waals surface area (Å²) in [5, 5.41) is 3.89. The number of carbonyl (C=O) groups is 1. The molecule has 1 fully saturated rings. The van der Waals surface area contributed by atoms with Crippen molar-refractivity contribution in [1.82, 2.24) is 19.9 Å². The van der Waals surface area contributed by atoms with Crippen molar-refractivity contribution in [2.75, 3.05) is 26.2 Å². The average Bonchev–Trinajstić information content (AvgIpc) is 3.21. The topological polar surface area (TPSA) is 62.5 Å². The number of aryl methyl sites for hydroxylation is 1. The maximum atomic E-state index is 13.5. The van der Waals surface area contributed by atoms with E-state index in [1.165, 1.54) is 0 Å². The van der Waals surface area contributed by atoms with Crippen LogP contribution in [-0.4, -0.2) is 52.0 Å². The number of carbonyl (C=O) groups excluding carboxylic acids is 1. The molecule has 0 bridgehead atoms. The van der Waals surface area contributed by atoms with Crippen LogP contribution < -0.4 is 0 Å². The highest BCUT2D eigenvalue weighted by Gasteiger charge is 2.32. The highest BCUT2D eigenvalue weighted by molar-refractivity contribution is 5.87. The van der Waals surface area contributed by atoms with Crippen molar-refractivity contribution >= 4 is 5.91 Å². The largest absolute Gasteiger partial charge is 0.339 e. The molecule has 0 radical (unpaired) electrons. The molecule has 1 aliphatic rings. The molecule has 1 saturated heterocycles. The molecule has 0 spiro atoms. The van der Waals surface area contributed by atoms with E-state index in [4.69, 9.17) is 4.52 Å². The van der Waals surface area contributed by atoms with E-state index in [0.29, 0.717) is 24.8 Å². The second-order valence-corrected chi connectivity index (χ2v) is 7.47. The van der Waals surface area contributed by atoms with E-state index >= 15 is 0 Å². The number of piperazine rings is 1. The molecule has 4 rings (SSSR count). The summed E-state index contributed by atoms with van der Waals surface area (Å²) in [6.45, 7) is 6.83. The van der Waals surface area contributed by atoms with Crippen LogP contribution in [0.1, 0.15) is 41.7 Å². The number of hydrogen-bond donors (Lipinski definition) is 0. The fourth-order valence-electron chi connectivity index (χ4n) is 3.92. The first-order valence-electron chi connectivity index (χ1n) is 10.1. The minimum atomic E-state index is -0.278. The van der Waals surface area contributed by atoms with Gasteiger partial charge in [-0.05, 0) is 25.0 Å². The number of nitrogens with zero attached hydrogens (tertiary/aromatic N) is 4. The van der Waals surface area contributed by atoms with E-state index < -0.39 is 0 Å². The Kier molecular flexibility index (Phi) is 5.71. The molecule has 1 atom stereocenters. The summed E-state index contributed by atoms with van der Waals surface area (Å²) in [6.07, 6.45) is 0. The summed E-state index contributed by atoms with van der Waals surface area (Å²) in [5.74, 6) is 1.16. The molecule has 0 unspecified atom stereocenters. The molecule has 29 heavy (non-hydrogen) atoms. The molecule has 1 amide bonds. The summed E-state index contributed by atoms with van der Waals surface area (Å²) in [7, 11) is 0. The van der Waals surface area contributed by atoms with Crippen molar-refractivity contribution in [1.29, 1.82) is 0 Å². The number of amides is 1. The van der Waals surface area contributed by atoms with Crippen LogP contribution in [0.3, 0.4) is 0 Å². The van der Waals surface area contributed by atoms with Gasteiger partial charge in [0.05, 0.1) is 12.0 Å². The van der Waals surface area contributed by atoms with Gasteiger partial charge in [0.1, 0.15) is 0 Å². The van der Waals surface area contributed by atoms with Gasteiger partial charge in [-0.15, -0.1) is 0 Å². The Hall–Kier alpha value is -2.99. The van der Waals surface area contributed by atoms with Crippen LogP contribution in [0.4, 0.5) is 0 Å². The normalized spacial score (nSPS) is 16.2. The molecule has 1 aromatic heterocycles. The van der Waals surface area contributed by atoms with Gasteiger partial charge in [-0.1, -0.05) is 65.8 Å². The fourth-order valence-corrected chi connectivity index (χ4v) is 3.92. The molecular formula is C23H26N4O2. The van der Waals surface area contributed by atoms with Gasteiger partial charge in [-0.2, -0.15) is 4.98 Å². The summed E-state index contributed by atoms with van der Waals surface area (Å²) in [4.78, 5) is 22.1. The van der Waals surface area contributed by atoms with Gasteiger partial charge >= 0.3 is 0 Å². The van der Waals surface area contributed by atoms with Crippen LogP contribution in [0, 0.1) is 6.92 Å². The molecule has 150 valence electrons. The van der Waals surface area contributed by atoms with Gasteiger partial charge in [0.2, 0.25) is 11.8 Å². The maximum absolute atomic E-state index is 13.5. The van der Waals surface area contributed by atoms with E-state index in [0.717, 1.165) is 24.2 Å². The molecule has 2 aromatic carbocycles. The van der Waals surface area contributed by atoms with Gasteiger partial charge in [0.15, 0.2) is 5.82 Å². The van der Waals surface area contributed by atoms with Crippen molar-refractivity contribution < 1.29 is 9.32 Å². The van der Waals surface area contributed by atoms with Crippen LogP contribution in [0.25, 0.3) is 0 Å². The zero-order valence-corrected chi connectivity index (χ0v) is 16.9. The Morgan fingerprint density at radius 3 is 1.97 bits per heavy atom. The lowest BCUT2D eigenvalue weighted by atomic mass is 9.90. The summed E-state index contributed by atoms with van der Waals surface area (Å²) in [5.41, 5.74) is 2.06. The number of benzene rings is 2. The van der Waals surface area contributed by atoms with Crippen LogP contribution in [0.15, 0.2) is 65.2 Å². The lowest BCUT2D eigenvalue weighted by Crippen LogP contribution is -2.50. The van der Waals surface area contributed by atoms with E-state index in [1.807, 2.05) is 72.5 Å². The minimum Gasteiger partial charge on any atom is -0.339 e. The first-order valence-corrected chi connectivity index (χ1v) is 10.1. The molecule has 1 aliphatic heterocycles. The Morgan fingerprint density at radius 2 is 1.48 bits per heavy atom. The molecule has 6 nitrogen and oxygen atoms in total. The van der Waals surface area contributed by atoms with Crippen molar-refractivity contribution in [3.05, 3.63) is 83.5 Å². The SMILES string of the molecule is Cc1noc([C@H](C)N2CCN(C(=O)C(c3ccccc3)c3ccccc3)CC2)n1. The highest BCUT2D eigenvalue weighted by Crippen LogP contribution is 2.28. The van der Waals surface area contributed by atoms with Crippen molar-refractivity contribution in [3.8, 4) is 0 Å². The molecule has 0 aliphatic carbocycles. The summed E-state index contributed by atoms with van der Waals surface area (Å²) in [6, 6.07) is 20.1. The zero-order valence-electron chi connectivity index (χ0n) is 16.9. The average molecular weight is 390 g/mol. The van der Waals surface area contributed by atoms with Gasteiger partial charge in [0.25, 0.3) is 0 Å². The lowest BCUT2D eigenvalue weighted by Gasteiger charge is -2.38. The smallest absolute Gasteiger partial charge is 0.243 e. The van der Waals surface area contributed by atoms with E-state index in [2.05, 4.69) is 22.0 Å². The van der Waals surface area contributed by atoms with Crippen LogP contribution in [0.5, 0.6) is 0 Å². The Bertz CT molecular complexity index is 894. The Morgan fingerprint density at radius 1 is 0.931 bits per heavy atom. The second-order valence-electron chi connectivity index (χ2n) is 7.47. The van der Waals surface area contributed by atoms with Gasteiger partial charge in [0, 0.05) is 26.2 Å². The quantitative estimate of drug-likeness (QED) is 0.668. The molecule has 3 aromatic rings. The third-order valence-electron chi connectivity index (χ3n) is 5.59. The van der Waals surface area contributed by atoms with E-state index in [-0.39, 0.29) is 17.9 Å². The Labute approximate surface area is 171 Å². The standard InChI is InChI=1S/C23H26N4O2/c1-17(22-24-18(2)25-29-22)26-13-15-27(16-14-26)23(28)21(19-9-5-3-6-10-19)20-11-7-4-8-12-20/h3-12,17,21H,13-16H2,1-2H3/t17-/m0/s1.